The molecule has 10 heavy (non-hydrogen) atoms. The van der Waals surface area contributed by atoms with Crippen LogP contribution in [0.25, 0.3) is 0 Å². The molecule has 0 aromatic carbocycles. The van der Waals surface area contributed by atoms with Gasteiger partial charge in [-0.15, -0.1) is 0 Å². The van der Waals surface area contributed by atoms with Crippen molar-refractivity contribution in [2.45, 2.75) is 12.5 Å². The molecule has 3 nitrogen and oxygen atoms in total. The number of ether oxygens (including phenoxy) is 1. The van der Waals surface area contributed by atoms with Gasteiger partial charge < -0.3 is 10.1 Å². The van der Waals surface area contributed by atoms with Crippen LogP contribution < -0.4 is 5.32 Å². The Morgan fingerprint density at radius 2 is 2.50 bits per heavy atom. The number of esters is 1. The van der Waals surface area contributed by atoms with Crippen molar-refractivity contribution in [2.75, 3.05) is 13.7 Å². The highest BCUT2D eigenvalue weighted by Gasteiger charge is 2.51. The zero-order chi connectivity index (χ0) is 7.14. The molecule has 0 aromatic heterocycles. The van der Waals surface area contributed by atoms with E-state index in [1.54, 1.807) is 0 Å². The minimum absolute atomic E-state index is 0.00926. The number of piperidine rings is 1. The van der Waals surface area contributed by atoms with Crippen LogP contribution in [0.4, 0.5) is 0 Å². The second kappa shape index (κ2) is 1.95. The lowest BCUT2D eigenvalue weighted by Crippen LogP contribution is -2.35. The van der Waals surface area contributed by atoms with Crippen LogP contribution in [0.3, 0.4) is 0 Å². The third kappa shape index (κ3) is 0.736. The summed E-state index contributed by atoms with van der Waals surface area (Å²) in [7, 11) is 1.44. The van der Waals surface area contributed by atoms with Crippen molar-refractivity contribution >= 4 is 5.97 Å². The van der Waals surface area contributed by atoms with E-state index in [4.69, 9.17) is 0 Å². The average molecular weight is 141 g/mol. The van der Waals surface area contributed by atoms with Gasteiger partial charge in [-0.25, -0.2) is 0 Å². The molecule has 3 heteroatoms. The maximum Gasteiger partial charge on any atom is 0.323 e. The number of methoxy groups -OCH3 is 1. The predicted molar refractivity (Wildman–Crippen MR) is 35.4 cm³/mol. The highest BCUT2D eigenvalue weighted by atomic mass is 16.5. The van der Waals surface area contributed by atoms with Gasteiger partial charge >= 0.3 is 5.97 Å². The van der Waals surface area contributed by atoms with Crippen LogP contribution in [0.1, 0.15) is 6.42 Å². The largest absolute Gasteiger partial charge is 0.468 e. The van der Waals surface area contributed by atoms with Gasteiger partial charge in [0.25, 0.3) is 0 Å². The maximum atomic E-state index is 11.0. The van der Waals surface area contributed by atoms with Gasteiger partial charge in [0.1, 0.15) is 6.04 Å². The number of rotatable bonds is 1. The summed E-state index contributed by atoms with van der Waals surface area (Å²) < 4.78 is 4.63. The lowest BCUT2D eigenvalue weighted by atomic mass is 10.2. The summed E-state index contributed by atoms with van der Waals surface area (Å²) in [6.45, 7) is 1.00. The fourth-order valence-electron chi connectivity index (χ4n) is 1.73. The van der Waals surface area contributed by atoms with Crippen molar-refractivity contribution in [1.82, 2.24) is 5.32 Å². The van der Waals surface area contributed by atoms with Crippen molar-refractivity contribution in [1.29, 1.82) is 0 Å². The molecule has 2 aliphatic rings. The second-order valence-corrected chi connectivity index (χ2v) is 3.07. The lowest BCUT2D eigenvalue weighted by molar-refractivity contribution is -0.143. The van der Waals surface area contributed by atoms with E-state index in [-0.39, 0.29) is 12.0 Å². The molecule has 0 unspecified atom stereocenters. The minimum atomic E-state index is -0.0926. The standard InChI is InChI=1S/C7H11NO2/c1-10-7(9)6-5-2-4(5)3-8-6/h4-6,8H,2-3H2,1H3/t4-,5+,6+/m0/s1. The monoisotopic (exact) mass is 141 g/mol. The van der Waals surface area contributed by atoms with Gasteiger partial charge in [-0.3, -0.25) is 4.79 Å². The molecule has 1 aliphatic heterocycles. The van der Waals surface area contributed by atoms with Gasteiger partial charge in [-0.1, -0.05) is 0 Å². The first-order chi connectivity index (χ1) is 4.83. The molecule has 2 fully saturated rings. The zero-order valence-corrected chi connectivity index (χ0v) is 5.96. The Labute approximate surface area is 59.7 Å². The SMILES string of the molecule is COC(=O)[C@@H]1NC[C@@H]2C[C@H]21. The van der Waals surface area contributed by atoms with E-state index in [9.17, 15) is 4.79 Å². The van der Waals surface area contributed by atoms with Gasteiger partial charge in [-0.2, -0.15) is 0 Å². The van der Waals surface area contributed by atoms with Crippen molar-refractivity contribution < 1.29 is 9.53 Å². The summed E-state index contributed by atoms with van der Waals surface area (Å²) in [6.07, 6.45) is 1.22. The fourth-order valence-corrected chi connectivity index (χ4v) is 1.73. The molecular formula is C7H11NO2. The Hall–Kier alpha value is -0.570. The van der Waals surface area contributed by atoms with Gasteiger partial charge in [0.2, 0.25) is 0 Å². The van der Waals surface area contributed by atoms with Crippen LogP contribution in [-0.2, 0) is 9.53 Å². The van der Waals surface area contributed by atoms with Crippen molar-refractivity contribution in [3.8, 4) is 0 Å². The zero-order valence-electron chi connectivity index (χ0n) is 5.96. The summed E-state index contributed by atoms with van der Waals surface area (Å²) in [5.74, 6) is 1.27. The maximum absolute atomic E-state index is 11.0. The number of nitrogens with one attached hydrogen (secondary N) is 1. The number of carbonyl (C=O) groups excluding carboxylic acids is 1. The quantitative estimate of drug-likeness (QED) is 0.512. The van der Waals surface area contributed by atoms with E-state index in [2.05, 4.69) is 10.1 Å². The molecule has 0 amide bonds. The van der Waals surface area contributed by atoms with Crippen molar-refractivity contribution in [3.05, 3.63) is 0 Å². The van der Waals surface area contributed by atoms with Crippen LogP contribution in [0, 0.1) is 11.8 Å². The molecule has 2 rings (SSSR count). The van der Waals surface area contributed by atoms with Gasteiger partial charge in [0.05, 0.1) is 7.11 Å². The molecule has 0 spiro atoms. The molecular weight excluding hydrogens is 130 g/mol. The summed E-state index contributed by atoms with van der Waals surface area (Å²) in [4.78, 5) is 11.0. The molecule has 1 saturated carbocycles. The van der Waals surface area contributed by atoms with E-state index in [1.807, 2.05) is 0 Å². The van der Waals surface area contributed by atoms with E-state index < -0.39 is 0 Å². The smallest absolute Gasteiger partial charge is 0.323 e. The topological polar surface area (TPSA) is 38.3 Å². The number of carbonyl (C=O) groups is 1. The third-order valence-electron chi connectivity index (χ3n) is 2.46. The third-order valence-corrected chi connectivity index (χ3v) is 2.46. The minimum Gasteiger partial charge on any atom is -0.468 e. The molecule has 0 bridgehead atoms. The van der Waals surface area contributed by atoms with Gasteiger partial charge in [0, 0.05) is 0 Å². The highest BCUT2D eigenvalue weighted by molar-refractivity contribution is 5.77. The summed E-state index contributed by atoms with van der Waals surface area (Å²) in [6, 6.07) is 0.00926. The average Bonchev–Trinajstić information content (AvgIpc) is 2.62. The normalized spacial score (nSPS) is 42.7. The van der Waals surface area contributed by atoms with E-state index in [1.165, 1.54) is 13.5 Å². The summed E-state index contributed by atoms with van der Waals surface area (Å²) in [5.41, 5.74) is 0. The van der Waals surface area contributed by atoms with Crippen LogP contribution in [0.2, 0.25) is 0 Å². The Kier molecular flexibility index (Phi) is 1.20. The molecule has 0 radical (unpaired) electrons. The Bertz CT molecular complexity index is 169. The van der Waals surface area contributed by atoms with Crippen molar-refractivity contribution in [3.63, 3.8) is 0 Å². The van der Waals surface area contributed by atoms with E-state index in [0.717, 1.165) is 12.5 Å². The number of hydrogen-bond donors (Lipinski definition) is 1. The summed E-state index contributed by atoms with van der Waals surface area (Å²) >= 11 is 0. The highest BCUT2D eigenvalue weighted by Crippen LogP contribution is 2.45. The van der Waals surface area contributed by atoms with Gasteiger partial charge in [0.15, 0.2) is 0 Å². The molecule has 1 saturated heterocycles. The summed E-state index contributed by atoms with van der Waals surface area (Å²) in [5, 5.41) is 3.13. The molecule has 1 N–H and O–H groups in total. The van der Waals surface area contributed by atoms with Crippen LogP contribution in [0.5, 0.6) is 0 Å². The Balaban J connectivity index is 1.98. The fraction of sp³-hybridized carbons (Fsp3) is 0.857. The predicted octanol–water partition coefficient (Wildman–Crippen LogP) is -0.233. The first-order valence-electron chi connectivity index (χ1n) is 3.64. The van der Waals surface area contributed by atoms with E-state index in [0.29, 0.717) is 5.92 Å². The Morgan fingerprint density at radius 3 is 2.90 bits per heavy atom. The van der Waals surface area contributed by atoms with Crippen LogP contribution in [-0.4, -0.2) is 25.7 Å². The van der Waals surface area contributed by atoms with Crippen LogP contribution in [0.15, 0.2) is 0 Å². The first-order valence-corrected chi connectivity index (χ1v) is 3.64. The van der Waals surface area contributed by atoms with Crippen molar-refractivity contribution in [2.24, 2.45) is 11.8 Å². The van der Waals surface area contributed by atoms with Gasteiger partial charge in [-0.05, 0) is 24.8 Å². The van der Waals surface area contributed by atoms with E-state index >= 15 is 0 Å². The second-order valence-electron chi connectivity index (χ2n) is 3.07. The molecule has 1 aliphatic carbocycles. The Morgan fingerprint density at radius 1 is 1.70 bits per heavy atom. The number of fused-ring (bicyclic) bond motifs is 1. The van der Waals surface area contributed by atoms with Crippen LogP contribution >= 0.6 is 0 Å². The molecule has 0 aromatic rings. The molecule has 56 valence electrons. The first kappa shape index (κ1) is 6.16. The molecule has 3 atom stereocenters. The lowest BCUT2D eigenvalue weighted by Gasteiger charge is -2.08. The molecule has 1 heterocycles. The number of hydrogen-bond acceptors (Lipinski definition) is 3.